The van der Waals surface area contributed by atoms with E-state index in [1.54, 1.807) is 27.2 Å². The van der Waals surface area contributed by atoms with Crippen molar-refractivity contribution in [3.63, 3.8) is 0 Å². The maximum atomic E-state index is 14.3. The van der Waals surface area contributed by atoms with E-state index < -0.39 is 0 Å². The molecule has 10 nitrogen and oxygen atoms in total. The third-order valence-electron chi connectivity index (χ3n) is 5.65. The lowest BCUT2D eigenvalue weighted by molar-refractivity contribution is 0.625. The predicted molar refractivity (Wildman–Crippen MR) is 116 cm³/mol. The highest BCUT2D eigenvalue weighted by molar-refractivity contribution is 5.60. The van der Waals surface area contributed by atoms with Crippen molar-refractivity contribution in [1.29, 1.82) is 0 Å². The molecule has 0 bridgehead atoms. The van der Waals surface area contributed by atoms with Crippen molar-refractivity contribution in [3.05, 3.63) is 60.3 Å². The first-order valence-corrected chi connectivity index (χ1v) is 10.3. The maximum Gasteiger partial charge on any atom is 0.254 e. The van der Waals surface area contributed by atoms with Crippen LogP contribution in [0.15, 0.2) is 48.8 Å². The van der Waals surface area contributed by atoms with Gasteiger partial charge in [-0.1, -0.05) is 12.1 Å². The van der Waals surface area contributed by atoms with Crippen molar-refractivity contribution in [2.45, 2.75) is 6.92 Å². The molecule has 11 heteroatoms. The van der Waals surface area contributed by atoms with Crippen molar-refractivity contribution in [1.82, 2.24) is 39.4 Å². The van der Waals surface area contributed by atoms with Crippen LogP contribution in [0.4, 0.5) is 16.0 Å². The SMILES string of the molecule is Cc1cc(N2CCN(c3ccc4nnc(-c5ccccc5F)n4n3)CC2)n2ncnc2n1. The minimum absolute atomic E-state index is 0.352. The number of nitrogens with zero attached hydrogens (tertiary/aromatic N) is 10. The van der Waals surface area contributed by atoms with Gasteiger partial charge in [-0.2, -0.15) is 19.1 Å². The topological polar surface area (TPSA) is 92.6 Å². The summed E-state index contributed by atoms with van der Waals surface area (Å²) >= 11 is 0. The van der Waals surface area contributed by atoms with Crippen LogP contribution in [-0.4, -0.2) is 65.6 Å². The first-order valence-electron chi connectivity index (χ1n) is 10.3. The van der Waals surface area contributed by atoms with Gasteiger partial charge in [0.2, 0.25) is 0 Å². The van der Waals surface area contributed by atoms with Gasteiger partial charge < -0.3 is 9.80 Å². The monoisotopic (exact) mass is 430 g/mol. The van der Waals surface area contributed by atoms with Gasteiger partial charge in [-0.15, -0.1) is 15.3 Å². The highest BCUT2D eigenvalue weighted by Crippen LogP contribution is 2.24. The first kappa shape index (κ1) is 18.6. The van der Waals surface area contributed by atoms with Gasteiger partial charge in [0, 0.05) is 37.9 Å². The van der Waals surface area contributed by atoms with E-state index in [1.807, 2.05) is 25.1 Å². The standard InChI is InChI=1S/C21H19FN10/c1-14-12-19(32-21(25-14)23-13-24-32)30-10-8-29(9-11-30)18-7-6-17-26-27-20(31(17)28-18)15-4-2-3-5-16(15)22/h2-7,12-13H,8-11H2,1H3. The smallest absolute Gasteiger partial charge is 0.254 e. The summed E-state index contributed by atoms with van der Waals surface area (Å²) in [6, 6.07) is 12.3. The van der Waals surface area contributed by atoms with Crippen LogP contribution in [0.1, 0.15) is 5.69 Å². The van der Waals surface area contributed by atoms with E-state index in [0.29, 0.717) is 22.8 Å². The number of benzene rings is 1. The second kappa shape index (κ2) is 7.22. The highest BCUT2D eigenvalue weighted by atomic mass is 19.1. The lowest BCUT2D eigenvalue weighted by Gasteiger charge is -2.36. The minimum atomic E-state index is -0.352. The molecular formula is C21H19FN10. The number of aromatic nitrogens is 8. The van der Waals surface area contributed by atoms with Crippen LogP contribution in [0.5, 0.6) is 0 Å². The van der Waals surface area contributed by atoms with Crippen molar-refractivity contribution < 1.29 is 4.39 Å². The van der Waals surface area contributed by atoms with Crippen LogP contribution in [-0.2, 0) is 0 Å². The number of rotatable bonds is 3. The van der Waals surface area contributed by atoms with Crippen molar-refractivity contribution in [2.75, 3.05) is 36.0 Å². The normalized spacial score (nSPS) is 14.6. The molecule has 32 heavy (non-hydrogen) atoms. The quantitative estimate of drug-likeness (QED) is 0.429. The lowest BCUT2D eigenvalue weighted by atomic mass is 10.2. The fourth-order valence-electron chi connectivity index (χ4n) is 4.06. The number of fused-ring (bicyclic) bond motifs is 2. The second-order valence-corrected chi connectivity index (χ2v) is 7.67. The number of halogens is 1. The van der Waals surface area contributed by atoms with Crippen LogP contribution in [0.25, 0.3) is 22.8 Å². The van der Waals surface area contributed by atoms with E-state index in [4.69, 9.17) is 5.10 Å². The Balaban J connectivity index is 1.28. The molecule has 5 heterocycles. The van der Waals surface area contributed by atoms with Crippen LogP contribution < -0.4 is 9.80 Å². The van der Waals surface area contributed by atoms with Gasteiger partial charge in [-0.05, 0) is 31.2 Å². The zero-order valence-electron chi connectivity index (χ0n) is 17.3. The summed E-state index contributed by atoms with van der Waals surface area (Å²) in [6.45, 7) is 5.08. The molecule has 6 rings (SSSR count). The molecule has 0 atom stereocenters. The maximum absolute atomic E-state index is 14.3. The third-order valence-corrected chi connectivity index (χ3v) is 5.65. The Morgan fingerprint density at radius 3 is 2.56 bits per heavy atom. The summed E-state index contributed by atoms with van der Waals surface area (Å²) in [6.07, 6.45) is 1.52. The summed E-state index contributed by atoms with van der Waals surface area (Å²) in [5.74, 6) is 2.41. The summed E-state index contributed by atoms with van der Waals surface area (Å²) in [4.78, 5) is 13.1. The van der Waals surface area contributed by atoms with Gasteiger partial charge in [0.15, 0.2) is 11.5 Å². The molecular weight excluding hydrogens is 411 g/mol. The fourth-order valence-corrected chi connectivity index (χ4v) is 4.06. The predicted octanol–water partition coefficient (Wildman–Crippen LogP) is 2.00. The zero-order valence-corrected chi connectivity index (χ0v) is 17.3. The van der Waals surface area contributed by atoms with Crippen molar-refractivity contribution >= 4 is 23.1 Å². The molecule has 1 aliphatic rings. The van der Waals surface area contributed by atoms with Crippen molar-refractivity contribution in [2.24, 2.45) is 0 Å². The average Bonchev–Trinajstić information content (AvgIpc) is 3.45. The molecule has 0 N–H and O–H groups in total. The Hall–Kier alpha value is -4.15. The van der Waals surface area contributed by atoms with Gasteiger partial charge in [0.1, 0.15) is 23.8 Å². The highest BCUT2D eigenvalue weighted by Gasteiger charge is 2.22. The molecule has 5 aromatic rings. The molecule has 1 aromatic carbocycles. The second-order valence-electron chi connectivity index (χ2n) is 7.67. The van der Waals surface area contributed by atoms with Gasteiger partial charge in [0.05, 0.1) is 5.56 Å². The number of anilines is 2. The van der Waals surface area contributed by atoms with E-state index in [2.05, 4.69) is 35.1 Å². The third kappa shape index (κ3) is 3.01. The van der Waals surface area contributed by atoms with Gasteiger partial charge >= 0.3 is 0 Å². The molecule has 0 aliphatic carbocycles. The van der Waals surface area contributed by atoms with Crippen LogP contribution in [0.2, 0.25) is 0 Å². The Bertz CT molecular complexity index is 1430. The van der Waals surface area contributed by atoms with E-state index in [1.165, 1.54) is 12.4 Å². The number of hydrogen-bond donors (Lipinski definition) is 0. The van der Waals surface area contributed by atoms with E-state index in [0.717, 1.165) is 43.5 Å². The largest absolute Gasteiger partial charge is 0.353 e. The van der Waals surface area contributed by atoms with Gasteiger partial charge in [-0.25, -0.2) is 9.37 Å². The average molecular weight is 430 g/mol. The van der Waals surface area contributed by atoms with Gasteiger partial charge in [-0.3, -0.25) is 0 Å². The van der Waals surface area contributed by atoms with Crippen LogP contribution in [0.3, 0.4) is 0 Å². The Kier molecular flexibility index (Phi) is 4.20. The van der Waals surface area contributed by atoms with Crippen LogP contribution >= 0.6 is 0 Å². The summed E-state index contributed by atoms with van der Waals surface area (Å²) in [5.41, 5.74) is 1.86. The summed E-state index contributed by atoms with van der Waals surface area (Å²) in [7, 11) is 0. The molecule has 0 radical (unpaired) electrons. The fraction of sp³-hybridized carbons (Fsp3) is 0.238. The lowest BCUT2D eigenvalue weighted by Crippen LogP contribution is -2.47. The zero-order chi connectivity index (χ0) is 21.7. The van der Waals surface area contributed by atoms with Crippen molar-refractivity contribution in [3.8, 4) is 11.4 Å². The number of aryl methyl sites for hydroxylation is 1. The molecule has 0 amide bonds. The number of piperazine rings is 1. The van der Waals surface area contributed by atoms with Crippen LogP contribution in [0, 0.1) is 12.7 Å². The van der Waals surface area contributed by atoms with E-state index >= 15 is 0 Å². The minimum Gasteiger partial charge on any atom is -0.353 e. The summed E-state index contributed by atoms with van der Waals surface area (Å²) < 4.78 is 17.7. The molecule has 0 spiro atoms. The Labute approximate surface area is 182 Å². The molecule has 0 unspecified atom stereocenters. The summed E-state index contributed by atoms with van der Waals surface area (Å²) in [5, 5.41) is 17.3. The molecule has 0 saturated carbocycles. The molecule has 4 aromatic heterocycles. The molecule has 1 aliphatic heterocycles. The Morgan fingerprint density at radius 2 is 1.72 bits per heavy atom. The first-order chi connectivity index (χ1) is 15.7. The van der Waals surface area contributed by atoms with E-state index in [-0.39, 0.29) is 5.82 Å². The van der Waals surface area contributed by atoms with Gasteiger partial charge in [0.25, 0.3) is 5.78 Å². The number of hydrogen-bond acceptors (Lipinski definition) is 8. The Morgan fingerprint density at radius 1 is 0.906 bits per heavy atom. The molecule has 1 saturated heterocycles. The molecule has 1 fully saturated rings. The van der Waals surface area contributed by atoms with E-state index in [9.17, 15) is 4.39 Å². The molecule has 160 valence electrons.